The molecule has 0 saturated heterocycles. The number of hydrogen-bond acceptors (Lipinski definition) is 6. The van der Waals surface area contributed by atoms with Crippen molar-refractivity contribution in [2.24, 2.45) is 9.98 Å². The summed E-state index contributed by atoms with van der Waals surface area (Å²) < 4.78 is 26.4. The van der Waals surface area contributed by atoms with Crippen LogP contribution in [0.5, 0.6) is 0 Å². The van der Waals surface area contributed by atoms with Gasteiger partial charge in [-0.05, 0) is 54.1 Å². The summed E-state index contributed by atoms with van der Waals surface area (Å²) in [6, 6.07) is 17.3. The van der Waals surface area contributed by atoms with Crippen molar-refractivity contribution in [2.75, 3.05) is 5.75 Å². The molecule has 1 atom stereocenters. The van der Waals surface area contributed by atoms with Gasteiger partial charge in [-0.2, -0.15) is 4.99 Å². The molecule has 10 heteroatoms. The van der Waals surface area contributed by atoms with Crippen LogP contribution in [0, 0.1) is 11.6 Å². The SMILES string of the molecule is O=C(CC1C(=O)N=C2c3ccccc3N=C(SCC(=O)c3ccc(F)cc3)N21)NCc1ccc(F)cc1. The summed E-state index contributed by atoms with van der Waals surface area (Å²) in [7, 11) is 0. The largest absolute Gasteiger partial charge is 0.352 e. The summed E-state index contributed by atoms with van der Waals surface area (Å²) >= 11 is 1.12. The molecule has 186 valence electrons. The molecular weight excluding hydrogens is 498 g/mol. The zero-order valence-corrected chi connectivity index (χ0v) is 20.2. The number of amides is 2. The Balaban J connectivity index is 1.33. The predicted molar refractivity (Wildman–Crippen MR) is 137 cm³/mol. The number of Topliss-reactive ketones (excluding diaryl/α,β-unsaturated/α-hetero) is 1. The van der Waals surface area contributed by atoms with Crippen molar-refractivity contribution in [3.63, 3.8) is 0 Å². The molecule has 3 aromatic rings. The van der Waals surface area contributed by atoms with Gasteiger partial charge in [0, 0.05) is 17.7 Å². The Morgan fingerprint density at radius 1 is 0.919 bits per heavy atom. The molecule has 0 radical (unpaired) electrons. The third kappa shape index (κ3) is 5.34. The number of rotatable bonds is 7. The van der Waals surface area contributed by atoms with E-state index in [1.807, 2.05) is 6.07 Å². The second kappa shape index (κ2) is 10.4. The maximum absolute atomic E-state index is 13.2. The average Bonchev–Trinajstić information content (AvgIpc) is 3.23. The fourth-order valence-corrected chi connectivity index (χ4v) is 4.94. The van der Waals surface area contributed by atoms with Crippen molar-refractivity contribution in [1.82, 2.24) is 10.2 Å². The molecule has 1 N–H and O–H groups in total. The summed E-state index contributed by atoms with van der Waals surface area (Å²) in [6.45, 7) is 0.179. The molecule has 2 amide bonds. The lowest BCUT2D eigenvalue weighted by molar-refractivity contribution is -0.126. The third-order valence-electron chi connectivity index (χ3n) is 5.89. The highest BCUT2D eigenvalue weighted by atomic mass is 32.2. The first kappa shape index (κ1) is 24.5. The molecule has 2 heterocycles. The van der Waals surface area contributed by atoms with Crippen LogP contribution in [0.2, 0.25) is 0 Å². The first-order chi connectivity index (χ1) is 17.9. The van der Waals surface area contributed by atoms with Gasteiger partial charge >= 0.3 is 0 Å². The van der Waals surface area contributed by atoms with Gasteiger partial charge in [0.1, 0.15) is 23.5 Å². The molecule has 0 spiro atoms. The van der Waals surface area contributed by atoms with E-state index in [4.69, 9.17) is 0 Å². The van der Waals surface area contributed by atoms with Crippen molar-refractivity contribution < 1.29 is 23.2 Å². The van der Waals surface area contributed by atoms with Gasteiger partial charge in [-0.3, -0.25) is 19.3 Å². The van der Waals surface area contributed by atoms with Crippen LogP contribution < -0.4 is 5.32 Å². The smallest absolute Gasteiger partial charge is 0.271 e. The van der Waals surface area contributed by atoms with E-state index in [-0.39, 0.29) is 36.2 Å². The van der Waals surface area contributed by atoms with Crippen molar-refractivity contribution in [3.05, 3.63) is 101 Å². The van der Waals surface area contributed by atoms with Crippen LogP contribution in [-0.2, 0) is 16.1 Å². The Kier molecular flexibility index (Phi) is 6.91. The number of fused-ring (bicyclic) bond motifs is 3. The van der Waals surface area contributed by atoms with Gasteiger partial charge in [-0.15, -0.1) is 0 Å². The van der Waals surface area contributed by atoms with Gasteiger partial charge in [0.15, 0.2) is 11.0 Å². The maximum Gasteiger partial charge on any atom is 0.271 e. The fourth-order valence-electron chi connectivity index (χ4n) is 4.00. The Bertz CT molecular complexity index is 1440. The first-order valence-corrected chi connectivity index (χ1v) is 12.4. The number of ketones is 1. The molecule has 0 aromatic heterocycles. The van der Waals surface area contributed by atoms with E-state index in [0.29, 0.717) is 33.4 Å². The van der Waals surface area contributed by atoms with Gasteiger partial charge in [-0.25, -0.2) is 13.8 Å². The molecule has 0 aliphatic carbocycles. The number of para-hydroxylation sites is 1. The predicted octanol–water partition coefficient (Wildman–Crippen LogP) is 4.25. The van der Waals surface area contributed by atoms with E-state index in [2.05, 4.69) is 15.3 Å². The molecule has 2 aliphatic rings. The monoisotopic (exact) mass is 518 g/mol. The lowest BCUT2D eigenvalue weighted by atomic mass is 10.1. The minimum Gasteiger partial charge on any atom is -0.352 e. The van der Waals surface area contributed by atoms with Crippen molar-refractivity contribution in [3.8, 4) is 0 Å². The zero-order chi connectivity index (χ0) is 25.9. The molecule has 37 heavy (non-hydrogen) atoms. The number of thioether (sulfide) groups is 1. The zero-order valence-electron chi connectivity index (χ0n) is 19.4. The van der Waals surface area contributed by atoms with E-state index in [1.54, 1.807) is 35.2 Å². The fraction of sp³-hybridized carbons (Fsp3) is 0.148. The van der Waals surface area contributed by atoms with Crippen molar-refractivity contribution >= 4 is 46.1 Å². The van der Waals surface area contributed by atoms with Crippen LogP contribution in [0.4, 0.5) is 14.5 Å². The lowest BCUT2D eigenvalue weighted by Gasteiger charge is -2.30. The number of nitrogens with one attached hydrogen (secondary N) is 1. The van der Waals surface area contributed by atoms with Gasteiger partial charge in [0.05, 0.1) is 17.9 Å². The van der Waals surface area contributed by atoms with Gasteiger partial charge < -0.3 is 5.32 Å². The standard InChI is InChI=1S/C27H20F2N4O3S/c28-18-9-5-16(6-10-18)14-30-24(35)13-22-26(36)32-25-20-3-1-2-4-21(20)31-27(33(22)25)37-15-23(34)17-7-11-19(29)12-8-17/h1-12,22H,13-15H2,(H,30,35). The van der Waals surface area contributed by atoms with Crippen molar-refractivity contribution in [1.29, 1.82) is 0 Å². The van der Waals surface area contributed by atoms with E-state index in [0.717, 1.165) is 11.8 Å². The molecule has 0 bridgehead atoms. The molecule has 3 aromatic carbocycles. The van der Waals surface area contributed by atoms with Crippen molar-refractivity contribution in [2.45, 2.75) is 19.0 Å². The highest BCUT2D eigenvalue weighted by Gasteiger charge is 2.42. The van der Waals surface area contributed by atoms with Gasteiger partial charge in [0.2, 0.25) is 5.91 Å². The Morgan fingerprint density at radius 3 is 2.32 bits per heavy atom. The summed E-state index contributed by atoms with van der Waals surface area (Å²) in [5.74, 6) is -1.54. The van der Waals surface area contributed by atoms with Crippen LogP contribution in [0.15, 0.2) is 82.8 Å². The van der Waals surface area contributed by atoms with Crippen LogP contribution in [0.1, 0.15) is 27.9 Å². The number of hydrogen-bond donors (Lipinski definition) is 1. The molecule has 0 saturated carbocycles. The average molecular weight is 519 g/mol. The molecule has 5 rings (SSSR count). The molecule has 2 aliphatic heterocycles. The minimum atomic E-state index is -0.927. The van der Waals surface area contributed by atoms with Gasteiger partial charge in [-0.1, -0.05) is 36.0 Å². The molecule has 1 unspecified atom stereocenters. The van der Waals surface area contributed by atoms with Crippen LogP contribution in [0.25, 0.3) is 0 Å². The second-order valence-corrected chi connectivity index (χ2v) is 9.34. The van der Waals surface area contributed by atoms with Crippen LogP contribution in [0.3, 0.4) is 0 Å². The number of nitrogens with zero attached hydrogens (tertiary/aromatic N) is 3. The van der Waals surface area contributed by atoms with E-state index >= 15 is 0 Å². The highest BCUT2D eigenvalue weighted by Crippen LogP contribution is 2.35. The Hall–Kier alpha value is -4.18. The number of aliphatic imine (C=N–C) groups is 2. The Morgan fingerprint density at radius 2 is 1.59 bits per heavy atom. The number of halogens is 2. The Labute approximate surface area is 215 Å². The van der Waals surface area contributed by atoms with E-state index in [1.165, 1.54) is 36.4 Å². The summed E-state index contributed by atoms with van der Waals surface area (Å²) in [5.41, 5.74) is 2.32. The quantitative estimate of drug-likeness (QED) is 0.473. The topological polar surface area (TPSA) is 91.2 Å². The van der Waals surface area contributed by atoms with Crippen LogP contribution in [-0.4, -0.2) is 45.3 Å². The minimum absolute atomic E-state index is 0.00587. The third-order valence-corrected chi connectivity index (χ3v) is 6.84. The number of carbonyl (C=O) groups excluding carboxylic acids is 3. The van der Waals surface area contributed by atoms with Crippen LogP contribution >= 0.6 is 11.8 Å². The molecule has 7 nitrogen and oxygen atoms in total. The number of carbonyl (C=O) groups is 3. The number of benzene rings is 3. The summed E-state index contributed by atoms with van der Waals surface area (Å²) in [4.78, 5) is 48.8. The lowest BCUT2D eigenvalue weighted by Crippen LogP contribution is -2.46. The second-order valence-electron chi connectivity index (χ2n) is 8.40. The highest BCUT2D eigenvalue weighted by molar-refractivity contribution is 8.14. The number of amidine groups is 2. The summed E-state index contributed by atoms with van der Waals surface area (Å²) in [6.07, 6.45) is -0.180. The first-order valence-electron chi connectivity index (χ1n) is 11.4. The van der Waals surface area contributed by atoms with E-state index < -0.39 is 17.8 Å². The summed E-state index contributed by atoms with van der Waals surface area (Å²) in [5, 5.41) is 3.12. The van der Waals surface area contributed by atoms with E-state index in [9.17, 15) is 23.2 Å². The maximum atomic E-state index is 13.2. The van der Waals surface area contributed by atoms with Gasteiger partial charge in [0.25, 0.3) is 5.91 Å². The normalized spacial score (nSPS) is 16.0. The molecule has 0 fully saturated rings. The molecular formula is C27H20F2N4O3S.